The maximum absolute atomic E-state index is 12.9. The molecular formula is C28H25BrN2O7. The van der Waals surface area contributed by atoms with Gasteiger partial charge in [0.15, 0.2) is 23.0 Å². The van der Waals surface area contributed by atoms with Gasteiger partial charge in [-0.1, -0.05) is 5.16 Å². The van der Waals surface area contributed by atoms with Crippen molar-refractivity contribution in [3.63, 3.8) is 0 Å². The predicted octanol–water partition coefficient (Wildman–Crippen LogP) is 5.65. The first-order valence-corrected chi connectivity index (χ1v) is 12.1. The van der Waals surface area contributed by atoms with Gasteiger partial charge in [0, 0.05) is 17.1 Å². The molecule has 10 heteroatoms. The van der Waals surface area contributed by atoms with Gasteiger partial charge in [-0.2, -0.15) is 0 Å². The lowest BCUT2D eigenvalue weighted by atomic mass is 10.0. The number of methoxy groups -OCH3 is 5. The second kappa shape index (κ2) is 11.8. The molecule has 0 N–H and O–H groups in total. The molecule has 0 aliphatic heterocycles. The second-order valence-electron chi connectivity index (χ2n) is 7.83. The number of rotatable bonds is 9. The molecule has 0 spiro atoms. The molecule has 0 amide bonds. The molecule has 0 radical (unpaired) electrons. The molecule has 0 aliphatic rings. The molecule has 0 fully saturated rings. The smallest absolute Gasteiger partial charge is 0.365 e. The number of carbonyl (C=O) groups is 1. The molecule has 3 aromatic carbocycles. The molecule has 4 rings (SSSR count). The van der Waals surface area contributed by atoms with Crippen LogP contribution in [0.1, 0.15) is 21.6 Å². The van der Waals surface area contributed by atoms with Gasteiger partial charge in [0.05, 0.1) is 45.6 Å². The largest absolute Gasteiger partial charge is 0.496 e. The Morgan fingerprint density at radius 2 is 1.32 bits per heavy atom. The number of hydrogen-bond donors (Lipinski definition) is 0. The first-order chi connectivity index (χ1) is 18.4. The molecule has 196 valence electrons. The predicted molar refractivity (Wildman–Crippen MR) is 146 cm³/mol. The third-order valence-electron chi connectivity index (χ3n) is 5.76. The maximum atomic E-state index is 12.9. The topological polar surface area (TPSA) is 97.7 Å². The van der Waals surface area contributed by atoms with Crippen molar-refractivity contribution in [2.45, 2.75) is 0 Å². The van der Waals surface area contributed by atoms with Crippen molar-refractivity contribution in [3.05, 3.63) is 82.1 Å². The molecule has 0 saturated carbocycles. The van der Waals surface area contributed by atoms with E-state index in [0.29, 0.717) is 55.6 Å². The van der Waals surface area contributed by atoms with Crippen molar-refractivity contribution in [1.82, 2.24) is 4.98 Å². The third kappa shape index (κ3) is 5.35. The second-order valence-corrected chi connectivity index (χ2v) is 8.68. The summed E-state index contributed by atoms with van der Waals surface area (Å²) in [5.41, 5.74) is 1.62. The molecule has 0 aliphatic carbocycles. The van der Waals surface area contributed by atoms with Crippen LogP contribution in [0.25, 0.3) is 10.8 Å². The summed E-state index contributed by atoms with van der Waals surface area (Å²) in [6.07, 6.45) is 1.64. The minimum Gasteiger partial charge on any atom is -0.496 e. The Bertz CT molecular complexity index is 1520. The van der Waals surface area contributed by atoms with E-state index in [1.807, 2.05) is 12.1 Å². The summed E-state index contributed by atoms with van der Waals surface area (Å²) in [4.78, 5) is 23.0. The van der Waals surface area contributed by atoms with E-state index in [1.165, 1.54) is 7.11 Å². The van der Waals surface area contributed by atoms with Crippen molar-refractivity contribution in [2.75, 3.05) is 35.5 Å². The molecule has 0 saturated heterocycles. The van der Waals surface area contributed by atoms with Crippen LogP contribution in [0.4, 0.5) is 0 Å². The minimum atomic E-state index is -0.661. The SMILES string of the molecule is COc1ccc(C(=O)O/N=C(\c2ccc(OC)c(OC)c2)c2nccc3cc(OC)c(OC)cc23)cc1Br. The fourth-order valence-electron chi connectivity index (χ4n) is 3.84. The summed E-state index contributed by atoms with van der Waals surface area (Å²) in [6, 6.07) is 15.6. The fourth-order valence-corrected chi connectivity index (χ4v) is 4.38. The zero-order valence-electron chi connectivity index (χ0n) is 21.4. The highest BCUT2D eigenvalue weighted by molar-refractivity contribution is 9.10. The van der Waals surface area contributed by atoms with E-state index < -0.39 is 5.97 Å². The number of fused-ring (bicyclic) bond motifs is 1. The van der Waals surface area contributed by atoms with Crippen LogP contribution in [0.2, 0.25) is 0 Å². The van der Waals surface area contributed by atoms with Gasteiger partial charge in [-0.3, -0.25) is 4.98 Å². The van der Waals surface area contributed by atoms with Crippen LogP contribution < -0.4 is 23.7 Å². The van der Waals surface area contributed by atoms with Crippen molar-refractivity contribution in [3.8, 4) is 28.7 Å². The lowest BCUT2D eigenvalue weighted by Crippen LogP contribution is -2.11. The fraction of sp³-hybridized carbons (Fsp3) is 0.179. The Kier molecular flexibility index (Phi) is 8.32. The van der Waals surface area contributed by atoms with Crippen molar-refractivity contribution >= 4 is 38.4 Å². The Labute approximate surface area is 228 Å². The Morgan fingerprint density at radius 3 is 1.97 bits per heavy atom. The molecule has 0 bridgehead atoms. The summed E-state index contributed by atoms with van der Waals surface area (Å²) < 4.78 is 27.7. The van der Waals surface area contributed by atoms with Gasteiger partial charge < -0.3 is 28.5 Å². The number of carbonyl (C=O) groups excluding carboxylic acids is 1. The number of ether oxygens (including phenoxy) is 5. The summed E-state index contributed by atoms with van der Waals surface area (Å²) in [7, 11) is 7.75. The van der Waals surface area contributed by atoms with E-state index in [0.717, 1.165) is 5.39 Å². The van der Waals surface area contributed by atoms with E-state index in [-0.39, 0.29) is 5.56 Å². The van der Waals surface area contributed by atoms with Crippen molar-refractivity contribution in [1.29, 1.82) is 0 Å². The number of aromatic nitrogens is 1. The van der Waals surface area contributed by atoms with Gasteiger partial charge in [0.1, 0.15) is 17.2 Å². The molecule has 4 aromatic rings. The van der Waals surface area contributed by atoms with Gasteiger partial charge >= 0.3 is 5.97 Å². The molecule has 1 aromatic heterocycles. The van der Waals surface area contributed by atoms with Crippen LogP contribution in [0.5, 0.6) is 28.7 Å². The molecule has 38 heavy (non-hydrogen) atoms. The number of benzene rings is 3. The van der Waals surface area contributed by atoms with Crippen LogP contribution in [0, 0.1) is 0 Å². The highest BCUT2D eigenvalue weighted by Gasteiger charge is 2.20. The van der Waals surface area contributed by atoms with Gasteiger partial charge in [-0.05, 0) is 75.9 Å². The first-order valence-electron chi connectivity index (χ1n) is 11.3. The van der Waals surface area contributed by atoms with Crippen LogP contribution in [-0.2, 0) is 4.84 Å². The molecule has 1 heterocycles. The van der Waals surface area contributed by atoms with Crippen molar-refractivity contribution < 1.29 is 33.3 Å². The van der Waals surface area contributed by atoms with Gasteiger partial charge in [0.25, 0.3) is 0 Å². The maximum Gasteiger partial charge on any atom is 0.365 e. The summed E-state index contributed by atoms with van der Waals surface area (Å²) in [5.74, 6) is 2.01. The number of nitrogens with zero attached hydrogens (tertiary/aromatic N) is 2. The zero-order chi connectivity index (χ0) is 27.2. The summed E-state index contributed by atoms with van der Waals surface area (Å²) in [5, 5.41) is 5.82. The average Bonchev–Trinajstić information content (AvgIpc) is 2.96. The quantitative estimate of drug-likeness (QED) is 0.142. The number of halogens is 1. The molecule has 9 nitrogen and oxygen atoms in total. The van der Waals surface area contributed by atoms with Gasteiger partial charge in [0.2, 0.25) is 0 Å². The summed E-state index contributed by atoms with van der Waals surface area (Å²) in [6.45, 7) is 0. The van der Waals surface area contributed by atoms with E-state index >= 15 is 0 Å². The molecule has 0 atom stereocenters. The van der Waals surface area contributed by atoms with Gasteiger partial charge in [-0.15, -0.1) is 0 Å². The zero-order valence-corrected chi connectivity index (χ0v) is 23.0. The van der Waals surface area contributed by atoms with E-state index in [1.54, 1.807) is 77.1 Å². The Hall–Kier alpha value is -4.31. The van der Waals surface area contributed by atoms with Crippen LogP contribution >= 0.6 is 15.9 Å². The number of oxime groups is 1. The Balaban J connectivity index is 1.87. The third-order valence-corrected chi connectivity index (χ3v) is 6.38. The van der Waals surface area contributed by atoms with Crippen LogP contribution in [-0.4, -0.2) is 52.2 Å². The van der Waals surface area contributed by atoms with E-state index in [2.05, 4.69) is 26.1 Å². The number of hydrogen-bond acceptors (Lipinski definition) is 9. The highest BCUT2D eigenvalue weighted by atomic mass is 79.9. The van der Waals surface area contributed by atoms with E-state index in [9.17, 15) is 4.79 Å². The Morgan fingerprint density at radius 1 is 0.711 bits per heavy atom. The van der Waals surface area contributed by atoms with Gasteiger partial charge in [-0.25, -0.2) is 4.79 Å². The standard InChI is InChI=1S/C28H25BrN2O7/c1-33-21-8-7-18(12-20(21)29)28(32)38-31-26(17-6-9-22(34-2)23(14-17)35-3)27-19-15-25(37-5)24(36-4)13-16(19)10-11-30-27/h6-15H,1-5H3/b31-26+. The lowest BCUT2D eigenvalue weighted by molar-refractivity contribution is 0.0517. The molecular weight excluding hydrogens is 556 g/mol. The normalized spacial score (nSPS) is 11.2. The van der Waals surface area contributed by atoms with E-state index in [4.69, 9.17) is 28.5 Å². The monoisotopic (exact) mass is 580 g/mol. The first kappa shape index (κ1) is 26.7. The van der Waals surface area contributed by atoms with Crippen LogP contribution in [0.15, 0.2) is 70.4 Å². The van der Waals surface area contributed by atoms with Crippen molar-refractivity contribution in [2.24, 2.45) is 5.16 Å². The molecule has 0 unspecified atom stereocenters. The highest BCUT2D eigenvalue weighted by Crippen LogP contribution is 2.35. The minimum absolute atomic E-state index is 0.283. The average molecular weight is 581 g/mol. The lowest BCUT2D eigenvalue weighted by Gasteiger charge is -2.14. The summed E-state index contributed by atoms with van der Waals surface area (Å²) >= 11 is 3.38. The van der Waals surface area contributed by atoms with Crippen LogP contribution in [0.3, 0.4) is 0 Å². The number of pyridine rings is 1.